The van der Waals surface area contributed by atoms with Gasteiger partial charge in [0.2, 0.25) is 11.0 Å². The summed E-state index contributed by atoms with van der Waals surface area (Å²) in [5.41, 5.74) is 0. The van der Waals surface area contributed by atoms with Gasteiger partial charge in [-0.05, 0) is 38.5 Å². The van der Waals surface area contributed by atoms with Gasteiger partial charge in [0.05, 0.1) is 10.8 Å². The molecule has 1 unspecified atom stereocenters. The van der Waals surface area contributed by atoms with Crippen molar-refractivity contribution >= 4 is 57.3 Å². The molecule has 1 atom stereocenters. The molecule has 0 aliphatic rings. The van der Waals surface area contributed by atoms with Crippen LogP contribution in [0.4, 0.5) is 5.13 Å². The highest BCUT2D eigenvalue weighted by Gasteiger charge is 2.20. The number of rotatable bonds is 9. The van der Waals surface area contributed by atoms with Crippen molar-refractivity contribution in [2.24, 2.45) is 0 Å². The summed E-state index contributed by atoms with van der Waals surface area (Å²) in [6, 6.07) is 5.05. The standard InChI is InChI=1S/C18H20Cl2N6O2S2/c1-4-15-22-24-17(30-15)21-14(27)9-29-18-25-23-16(26(18)5-2)10(3)28-13-7-6-11(19)8-12(13)20/h6-8,10H,4-5,9H2,1-3H3,(H,21,24,27). The van der Waals surface area contributed by atoms with E-state index in [1.807, 2.05) is 25.3 Å². The molecule has 30 heavy (non-hydrogen) atoms. The predicted octanol–water partition coefficient (Wildman–Crippen LogP) is 4.89. The molecule has 160 valence electrons. The summed E-state index contributed by atoms with van der Waals surface area (Å²) in [6.45, 7) is 6.46. The lowest BCUT2D eigenvalue weighted by Crippen LogP contribution is -2.15. The highest BCUT2D eigenvalue weighted by atomic mass is 35.5. The number of hydrogen-bond acceptors (Lipinski definition) is 8. The molecule has 3 rings (SSSR count). The van der Waals surface area contributed by atoms with Gasteiger partial charge in [-0.25, -0.2) is 0 Å². The van der Waals surface area contributed by atoms with Gasteiger partial charge in [-0.2, -0.15) is 0 Å². The molecule has 0 aliphatic heterocycles. The number of carbonyl (C=O) groups excluding carboxylic acids is 1. The third-order valence-corrected chi connectivity index (χ3v) is 6.45. The van der Waals surface area contributed by atoms with E-state index in [1.54, 1.807) is 18.2 Å². The van der Waals surface area contributed by atoms with Crippen LogP contribution in [0.15, 0.2) is 23.4 Å². The van der Waals surface area contributed by atoms with E-state index < -0.39 is 6.10 Å². The summed E-state index contributed by atoms with van der Waals surface area (Å²) in [6.07, 6.45) is 0.389. The van der Waals surface area contributed by atoms with Gasteiger partial charge >= 0.3 is 0 Å². The number of hydrogen-bond donors (Lipinski definition) is 1. The van der Waals surface area contributed by atoms with Crippen molar-refractivity contribution in [2.45, 2.75) is 45.0 Å². The quantitative estimate of drug-likeness (QED) is 0.430. The van der Waals surface area contributed by atoms with Gasteiger partial charge in [0.1, 0.15) is 10.8 Å². The van der Waals surface area contributed by atoms with Gasteiger partial charge in [-0.3, -0.25) is 10.1 Å². The van der Waals surface area contributed by atoms with E-state index in [1.165, 1.54) is 23.1 Å². The topological polar surface area (TPSA) is 94.8 Å². The van der Waals surface area contributed by atoms with Gasteiger partial charge in [0.15, 0.2) is 17.1 Å². The smallest absolute Gasteiger partial charge is 0.236 e. The first-order valence-electron chi connectivity index (χ1n) is 9.21. The normalized spacial score (nSPS) is 12.0. The largest absolute Gasteiger partial charge is 0.481 e. The fourth-order valence-corrected chi connectivity index (χ4v) is 4.51. The van der Waals surface area contributed by atoms with Crippen LogP contribution in [0.5, 0.6) is 5.75 Å². The number of benzene rings is 1. The van der Waals surface area contributed by atoms with E-state index in [0.29, 0.717) is 38.5 Å². The van der Waals surface area contributed by atoms with Crippen molar-refractivity contribution < 1.29 is 9.53 Å². The molecule has 1 N–H and O–H groups in total. The summed E-state index contributed by atoms with van der Waals surface area (Å²) in [5, 5.41) is 22.1. The van der Waals surface area contributed by atoms with E-state index in [4.69, 9.17) is 27.9 Å². The third kappa shape index (κ3) is 5.63. The monoisotopic (exact) mass is 486 g/mol. The van der Waals surface area contributed by atoms with Gasteiger partial charge < -0.3 is 9.30 Å². The molecule has 0 saturated carbocycles. The van der Waals surface area contributed by atoms with Crippen molar-refractivity contribution in [3.63, 3.8) is 0 Å². The molecular weight excluding hydrogens is 467 g/mol. The first kappa shape index (κ1) is 22.8. The maximum absolute atomic E-state index is 12.2. The van der Waals surface area contributed by atoms with E-state index in [0.717, 1.165) is 11.4 Å². The van der Waals surface area contributed by atoms with Crippen LogP contribution in [-0.2, 0) is 17.8 Å². The average Bonchev–Trinajstić information content (AvgIpc) is 3.34. The van der Waals surface area contributed by atoms with Gasteiger partial charge in [0.25, 0.3) is 0 Å². The Kier molecular flexibility index (Phi) is 7.93. The molecule has 0 saturated heterocycles. The van der Waals surface area contributed by atoms with Crippen LogP contribution < -0.4 is 10.1 Å². The van der Waals surface area contributed by atoms with E-state index in [9.17, 15) is 4.79 Å². The summed E-state index contributed by atoms with van der Waals surface area (Å²) >= 11 is 14.8. The Balaban J connectivity index is 1.63. The van der Waals surface area contributed by atoms with Gasteiger partial charge in [-0.1, -0.05) is 53.2 Å². The second-order valence-corrected chi connectivity index (χ2v) is 8.96. The number of ether oxygens (including phenoxy) is 1. The lowest BCUT2D eigenvalue weighted by Gasteiger charge is -2.16. The zero-order chi connectivity index (χ0) is 21.7. The van der Waals surface area contributed by atoms with E-state index in [-0.39, 0.29) is 11.7 Å². The first-order chi connectivity index (χ1) is 14.4. The third-order valence-electron chi connectivity index (χ3n) is 3.97. The van der Waals surface area contributed by atoms with Crippen LogP contribution in [0.1, 0.15) is 37.7 Å². The fraction of sp³-hybridized carbons (Fsp3) is 0.389. The number of nitrogens with zero attached hydrogens (tertiary/aromatic N) is 5. The fourth-order valence-electron chi connectivity index (χ4n) is 2.55. The molecule has 0 aliphatic carbocycles. The van der Waals surface area contributed by atoms with Crippen molar-refractivity contribution in [3.8, 4) is 5.75 Å². The molecule has 3 aromatic rings. The molecule has 1 aromatic carbocycles. The first-order valence-corrected chi connectivity index (χ1v) is 11.8. The second-order valence-electron chi connectivity index (χ2n) is 6.11. The number of halogens is 2. The van der Waals surface area contributed by atoms with Crippen LogP contribution in [0.3, 0.4) is 0 Å². The average molecular weight is 487 g/mol. The Morgan fingerprint density at radius 2 is 2.07 bits per heavy atom. The number of aromatic nitrogens is 5. The minimum Gasteiger partial charge on any atom is -0.481 e. The SMILES string of the molecule is CCc1nnc(NC(=O)CSc2nnc(C(C)Oc3ccc(Cl)cc3Cl)n2CC)s1. The molecule has 12 heteroatoms. The highest BCUT2D eigenvalue weighted by molar-refractivity contribution is 7.99. The molecule has 8 nitrogen and oxygen atoms in total. The number of amides is 1. The van der Waals surface area contributed by atoms with Crippen LogP contribution in [-0.4, -0.2) is 36.6 Å². The van der Waals surface area contributed by atoms with E-state index in [2.05, 4.69) is 25.7 Å². The number of nitrogens with one attached hydrogen (secondary N) is 1. The molecule has 1 amide bonds. The van der Waals surface area contributed by atoms with Crippen LogP contribution in [0, 0.1) is 0 Å². The Morgan fingerprint density at radius 1 is 1.27 bits per heavy atom. The molecule has 2 heterocycles. The summed E-state index contributed by atoms with van der Waals surface area (Å²) in [7, 11) is 0. The zero-order valence-electron chi connectivity index (χ0n) is 16.6. The van der Waals surface area contributed by atoms with E-state index >= 15 is 0 Å². The summed E-state index contributed by atoms with van der Waals surface area (Å²) in [4.78, 5) is 12.2. The zero-order valence-corrected chi connectivity index (χ0v) is 19.7. The minimum atomic E-state index is -0.395. The maximum Gasteiger partial charge on any atom is 0.236 e. The van der Waals surface area contributed by atoms with Crippen molar-refractivity contribution in [1.29, 1.82) is 0 Å². The van der Waals surface area contributed by atoms with Crippen LogP contribution in [0.2, 0.25) is 10.0 Å². The second kappa shape index (κ2) is 10.4. The number of anilines is 1. The Morgan fingerprint density at radius 3 is 2.73 bits per heavy atom. The van der Waals surface area contributed by atoms with Gasteiger partial charge in [-0.15, -0.1) is 20.4 Å². The Labute approximate surface area is 192 Å². The van der Waals surface area contributed by atoms with Crippen LogP contribution in [0.25, 0.3) is 0 Å². The highest BCUT2D eigenvalue weighted by Crippen LogP contribution is 2.31. The summed E-state index contributed by atoms with van der Waals surface area (Å²) in [5.74, 6) is 1.15. The van der Waals surface area contributed by atoms with Crippen molar-refractivity contribution in [2.75, 3.05) is 11.1 Å². The minimum absolute atomic E-state index is 0.178. The molecule has 0 bridgehead atoms. The molecule has 2 aromatic heterocycles. The molecule has 0 radical (unpaired) electrons. The number of thioether (sulfide) groups is 1. The van der Waals surface area contributed by atoms with Crippen LogP contribution >= 0.6 is 46.3 Å². The lowest BCUT2D eigenvalue weighted by molar-refractivity contribution is -0.113. The predicted molar refractivity (Wildman–Crippen MR) is 120 cm³/mol. The molecular formula is C18H20Cl2N6O2S2. The molecule has 0 fully saturated rings. The van der Waals surface area contributed by atoms with Crippen molar-refractivity contribution in [1.82, 2.24) is 25.0 Å². The Bertz CT molecular complexity index is 1030. The number of aryl methyl sites for hydroxylation is 1. The van der Waals surface area contributed by atoms with Crippen molar-refractivity contribution in [3.05, 3.63) is 39.1 Å². The lowest BCUT2D eigenvalue weighted by atomic mass is 10.3. The number of carbonyl (C=O) groups is 1. The molecule has 0 spiro atoms. The Hall–Kier alpha value is -1.88. The maximum atomic E-state index is 12.2. The summed E-state index contributed by atoms with van der Waals surface area (Å²) < 4.78 is 7.85. The van der Waals surface area contributed by atoms with Gasteiger partial charge in [0, 0.05) is 11.6 Å².